The molecule has 2 aliphatic rings. The summed E-state index contributed by atoms with van der Waals surface area (Å²) >= 11 is 1.90. The van der Waals surface area contributed by atoms with Gasteiger partial charge in [0.05, 0.1) is 11.0 Å². The summed E-state index contributed by atoms with van der Waals surface area (Å²) in [4.78, 5) is 0. The Morgan fingerprint density at radius 3 is 2.12 bits per heavy atom. The van der Waals surface area contributed by atoms with E-state index in [2.05, 4.69) is 140 Å². The van der Waals surface area contributed by atoms with Crippen LogP contribution in [0.15, 0.2) is 127 Å². The number of hydrogen-bond acceptors (Lipinski definition) is 1. The van der Waals surface area contributed by atoms with Crippen LogP contribution in [0.2, 0.25) is 0 Å². The highest BCUT2D eigenvalue weighted by Gasteiger charge is 2.38. The van der Waals surface area contributed by atoms with Crippen molar-refractivity contribution < 1.29 is 0 Å². The van der Waals surface area contributed by atoms with Crippen LogP contribution in [0.1, 0.15) is 42.9 Å². The third-order valence-corrected chi connectivity index (χ3v) is 10.8. The first-order chi connectivity index (χ1) is 20.1. The minimum atomic E-state index is 0.0747. The number of thiophene rings is 1. The summed E-state index contributed by atoms with van der Waals surface area (Å²) in [6.45, 7) is 4.80. The Balaban J connectivity index is 1.17. The average Bonchev–Trinajstić information content (AvgIpc) is 3.62. The number of benzene rings is 5. The minimum absolute atomic E-state index is 0.0747. The molecule has 2 heteroatoms. The van der Waals surface area contributed by atoms with Crippen LogP contribution in [0.25, 0.3) is 53.2 Å². The predicted octanol–water partition coefficient (Wildman–Crippen LogP) is 10.9. The summed E-state index contributed by atoms with van der Waals surface area (Å²) in [6.07, 6.45) is 5.91. The maximum absolute atomic E-state index is 2.47. The molecule has 0 radical (unpaired) electrons. The maximum atomic E-state index is 2.47. The smallest absolute Gasteiger partial charge is 0.0541 e. The Morgan fingerprint density at radius 2 is 1.34 bits per heavy atom. The number of allylic oxidation sites excluding steroid dienone is 4. The summed E-state index contributed by atoms with van der Waals surface area (Å²) in [6, 6.07) is 40.7. The molecule has 7 aromatic rings. The summed E-state index contributed by atoms with van der Waals surface area (Å²) in [5.41, 5.74) is 11.1. The first-order valence-corrected chi connectivity index (χ1v) is 15.4. The van der Waals surface area contributed by atoms with Crippen molar-refractivity contribution in [1.82, 2.24) is 4.57 Å². The lowest BCUT2D eigenvalue weighted by Crippen LogP contribution is -2.19. The monoisotopic (exact) mass is 543 g/mol. The third kappa shape index (κ3) is 3.23. The van der Waals surface area contributed by atoms with Gasteiger partial charge in [0.25, 0.3) is 0 Å². The Labute approximate surface area is 243 Å². The third-order valence-electron chi connectivity index (χ3n) is 9.63. The predicted molar refractivity (Wildman–Crippen MR) is 177 cm³/mol. The number of hydrogen-bond donors (Lipinski definition) is 0. The van der Waals surface area contributed by atoms with Crippen molar-refractivity contribution >= 4 is 58.9 Å². The molecule has 0 bridgehead atoms. The van der Waals surface area contributed by atoms with E-state index in [0.717, 1.165) is 6.42 Å². The zero-order valence-corrected chi connectivity index (χ0v) is 24.0. The molecule has 0 N–H and O–H groups in total. The van der Waals surface area contributed by atoms with Gasteiger partial charge in [-0.2, -0.15) is 0 Å². The van der Waals surface area contributed by atoms with Crippen LogP contribution in [-0.2, 0) is 5.41 Å². The van der Waals surface area contributed by atoms with Gasteiger partial charge in [-0.25, -0.2) is 0 Å². The number of aromatic nitrogens is 1. The number of nitrogens with zero attached hydrogens (tertiary/aromatic N) is 1. The topological polar surface area (TPSA) is 4.93 Å². The van der Waals surface area contributed by atoms with Crippen molar-refractivity contribution in [2.75, 3.05) is 0 Å². The van der Waals surface area contributed by atoms with Gasteiger partial charge >= 0.3 is 0 Å². The van der Waals surface area contributed by atoms with E-state index in [1.54, 1.807) is 5.57 Å². The first kappa shape index (κ1) is 23.3. The van der Waals surface area contributed by atoms with E-state index >= 15 is 0 Å². The lowest BCUT2D eigenvalue weighted by atomic mass is 9.75. The van der Waals surface area contributed by atoms with Crippen LogP contribution in [0.4, 0.5) is 0 Å². The molecule has 5 aromatic carbocycles. The summed E-state index contributed by atoms with van der Waals surface area (Å²) in [5, 5.41) is 5.32. The van der Waals surface area contributed by atoms with Crippen LogP contribution in [-0.4, -0.2) is 4.57 Å². The van der Waals surface area contributed by atoms with Crippen molar-refractivity contribution in [1.29, 1.82) is 0 Å². The Hall–Kier alpha value is -4.40. The molecule has 2 heterocycles. The van der Waals surface area contributed by atoms with E-state index in [1.165, 1.54) is 69.9 Å². The molecule has 2 aromatic heterocycles. The molecule has 196 valence electrons. The van der Waals surface area contributed by atoms with Gasteiger partial charge in [0.15, 0.2) is 0 Å². The van der Waals surface area contributed by atoms with Crippen molar-refractivity contribution in [2.24, 2.45) is 0 Å². The molecule has 0 amide bonds. The number of rotatable bonds is 2. The van der Waals surface area contributed by atoms with Crippen molar-refractivity contribution in [3.8, 4) is 5.69 Å². The molecule has 1 unspecified atom stereocenters. The van der Waals surface area contributed by atoms with Crippen LogP contribution in [0, 0.1) is 0 Å². The van der Waals surface area contributed by atoms with Crippen LogP contribution in [0.5, 0.6) is 0 Å². The maximum Gasteiger partial charge on any atom is 0.0541 e. The van der Waals surface area contributed by atoms with Gasteiger partial charge in [-0.05, 0) is 71.1 Å². The Bertz CT molecular complexity index is 2220. The molecule has 0 aliphatic heterocycles. The molecule has 1 nitrogen and oxygen atoms in total. The summed E-state index contributed by atoms with van der Waals surface area (Å²) in [5.74, 6) is 0.391. The second kappa shape index (κ2) is 8.31. The molecule has 2 aliphatic carbocycles. The zero-order valence-electron chi connectivity index (χ0n) is 23.2. The molecule has 0 spiro atoms. The molecule has 41 heavy (non-hydrogen) atoms. The fourth-order valence-corrected chi connectivity index (χ4v) is 8.63. The van der Waals surface area contributed by atoms with E-state index in [-0.39, 0.29) is 5.41 Å². The first-order valence-electron chi connectivity index (χ1n) is 14.5. The van der Waals surface area contributed by atoms with E-state index in [9.17, 15) is 0 Å². The quantitative estimate of drug-likeness (QED) is 0.204. The van der Waals surface area contributed by atoms with Gasteiger partial charge in [0.2, 0.25) is 0 Å². The lowest BCUT2D eigenvalue weighted by molar-refractivity contribution is 0.591. The standard InChI is InChI=1S/C39H29NS/c1-39(2)33-12-6-3-9-27(33)28-18-15-25(22-34(28)39)24-16-19-37-31(21-24)32-23-26(17-20-38(32)41-37)40-35-13-7-4-10-29(35)30-11-5-8-14-36(30)40/h3-21,23,25H,22H2,1-2H3. The van der Waals surface area contributed by atoms with E-state index in [0.29, 0.717) is 5.92 Å². The fraction of sp³-hybridized carbons (Fsp3) is 0.128. The molecular weight excluding hydrogens is 515 g/mol. The van der Waals surface area contributed by atoms with Crippen LogP contribution >= 0.6 is 11.3 Å². The second-order valence-electron chi connectivity index (χ2n) is 12.1. The molecule has 0 fully saturated rings. The SMILES string of the molecule is CC1(C)C2=C(C=CC(c3ccc4sc5ccc(-n6c7ccccc7c7ccccc76)cc5c4c3)C2)c2ccccc21. The lowest BCUT2D eigenvalue weighted by Gasteiger charge is -2.29. The van der Waals surface area contributed by atoms with E-state index in [1.807, 2.05) is 11.3 Å². The summed E-state index contributed by atoms with van der Waals surface area (Å²) < 4.78 is 5.13. The number of para-hydroxylation sites is 2. The van der Waals surface area contributed by atoms with Crippen molar-refractivity contribution in [3.63, 3.8) is 0 Å². The highest BCUT2D eigenvalue weighted by Crippen LogP contribution is 2.52. The Morgan fingerprint density at radius 1 is 0.683 bits per heavy atom. The minimum Gasteiger partial charge on any atom is -0.309 e. The second-order valence-corrected chi connectivity index (χ2v) is 13.2. The van der Waals surface area contributed by atoms with Gasteiger partial charge in [0.1, 0.15) is 0 Å². The highest BCUT2D eigenvalue weighted by atomic mass is 32.1. The van der Waals surface area contributed by atoms with Crippen LogP contribution in [0.3, 0.4) is 0 Å². The van der Waals surface area contributed by atoms with Gasteiger partial charge in [-0.3, -0.25) is 0 Å². The van der Waals surface area contributed by atoms with E-state index in [4.69, 9.17) is 0 Å². The van der Waals surface area contributed by atoms with Crippen molar-refractivity contribution in [2.45, 2.75) is 31.6 Å². The van der Waals surface area contributed by atoms with Gasteiger partial charge < -0.3 is 4.57 Å². The fourth-order valence-electron chi connectivity index (χ4n) is 7.56. The molecule has 0 saturated heterocycles. The van der Waals surface area contributed by atoms with Gasteiger partial charge in [-0.1, -0.05) is 98.3 Å². The summed E-state index contributed by atoms with van der Waals surface area (Å²) in [7, 11) is 0. The largest absolute Gasteiger partial charge is 0.309 e. The Kier molecular flexibility index (Phi) is 4.73. The average molecular weight is 544 g/mol. The van der Waals surface area contributed by atoms with Gasteiger partial charge in [0, 0.05) is 48.0 Å². The highest BCUT2D eigenvalue weighted by molar-refractivity contribution is 7.25. The molecular formula is C39H29NS. The van der Waals surface area contributed by atoms with E-state index < -0.39 is 0 Å². The van der Waals surface area contributed by atoms with Gasteiger partial charge in [-0.15, -0.1) is 11.3 Å². The number of fused-ring (bicyclic) bond motifs is 8. The zero-order chi connectivity index (χ0) is 27.3. The molecule has 1 atom stereocenters. The van der Waals surface area contributed by atoms with Crippen LogP contribution < -0.4 is 0 Å². The molecule has 9 rings (SSSR count). The normalized spacial score (nSPS) is 17.7. The van der Waals surface area contributed by atoms with Crippen molar-refractivity contribution in [3.05, 3.63) is 144 Å². The molecule has 0 saturated carbocycles.